The predicted octanol–water partition coefficient (Wildman–Crippen LogP) is 2.96. The smallest absolute Gasteiger partial charge is 0.387 e. The standard InChI is InChI=1S/C20H31F2N3O2/c1-24(2)14-11-23-19(26)8-5-16-9-12-25(13-10-16)15-17-3-6-18(7-4-17)27-20(21)22/h3-4,6-7,16,20H,5,8-15H2,1-2H3,(H,23,26). The lowest BCUT2D eigenvalue weighted by atomic mass is 9.92. The molecule has 1 aromatic rings. The summed E-state index contributed by atoms with van der Waals surface area (Å²) in [7, 11) is 3.98. The van der Waals surface area contributed by atoms with Crippen LogP contribution in [0.4, 0.5) is 8.78 Å². The molecule has 1 aliphatic rings. The molecule has 0 unspecified atom stereocenters. The van der Waals surface area contributed by atoms with E-state index in [-0.39, 0.29) is 11.7 Å². The minimum absolute atomic E-state index is 0.144. The quantitative estimate of drug-likeness (QED) is 0.675. The maximum Gasteiger partial charge on any atom is 0.387 e. The summed E-state index contributed by atoms with van der Waals surface area (Å²) in [6.07, 6.45) is 3.74. The highest BCUT2D eigenvalue weighted by Crippen LogP contribution is 2.23. The molecule has 1 fully saturated rings. The van der Waals surface area contributed by atoms with Crippen molar-refractivity contribution in [1.29, 1.82) is 0 Å². The normalized spacial score (nSPS) is 16.1. The maximum absolute atomic E-state index is 12.2. The van der Waals surface area contributed by atoms with Crippen LogP contribution in [-0.4, -0.2) is 62.6 Å². The number of amides is 1. The zero-order valence-corrected chi connectivity index (χ0v) is 16.3. The number of likely N-dealkylation sites (tertiary alicyclic amines) is 1. The minimum atomic E-state index is -2.79. The van der Waals surface area contributed by atoms with Gasteiger partial charge >= 0.3 is 6.61 Å². The first-order valence-electron chi connectivity index (χ1n) is 9.60. The predicted molar refractivity (Wildman–Crippen MR) is 102 cm³/mol. The van der Waals surface area contributed by atoms with Crippen molar-refractivity contribution in [1.82, 2.24) is 15.1 Å². The van der Waals surface area contributed by atoms with Crippen LogP contribution in [0, 0.1) is 5.92 Å². The summed E-state index contributed by atoms with van der Waals surface area (Å²) in [5, 5.41) is 2.96. The van der Waals surface area contributed by atoms with Gasteiger partial charge in [-0.05, 0) is 70.1 Å². The summed E-state index contributed by atoms with van der Waals surface area (Å²) in [6.45, 7) is 1.59. The van der Waals surface area contributed by atoms with E-state index in [4.69, 9.17) is 0 Å². The molecule has 0 bridgehead atoms. The first-order valence-corrected chi connectivity index (χ1v) is 9.60. The molecule has 152 valence electrons. The van der Waals surface area contributed by atoms with Crippen LogP contribution in [-0.2, 0) is 11.3 Å². The number of hydrogen-bond acceptors (Lipinski definition) is 4. The summed E-state index contributed by atoms with van der Waals surface area (Å²) in [5.41, 5.74) is 1.09. The molecular formula is C20H31F2N3O2. The molecule has 0 aliphatic carbocycles. The van der Waals surface area contributed by atoms with Crippen LogP contribution in [0.1, 0.15) is 31.2 Å². The lowest BCUT2D eigenvalue weighted by Gasteiger charge is -2.32. The maximum atomic E-state index is 12.2. The number of nitrogens with zero attached hydrogens (tertiary/aromatic N) is 2. The van der Waals surface area contributed by atoms with Gasteiger partial charge in [0.15, 0.2) is 0 Å². The number of nitrogens with one attached hydrogen (secondary N) is 1. The lowest BCUT2D eigenvalue weighted by Crippen LogP contribution is -2.34. The van der Waals surface area contributed by atoms with E-state index in [1.807, 2.05) is 26.2 Å². The van der Waals surface area contributed by atoms with E-state index in [1.54, 1.807) is 12.1 Å². The summed E-state index contributed by atoms with van der Waals surface area (Å²) < 4.78 is 28.7. The molecule has 27 heavy (non-hydrogen) atoms. The molecule has 0 atom stereocenters. The molecule has 1 heterocycles. The molecule has 0 aromatic heterocycles. The molecule has 2 rings (SSSR count). The molecule has 1 aliphatic heterocycles. The van der Waals surface area contributed by atoms with Crippen LogP contribution in [0.25, 0.3) is 0 Å². The fraction of sp³-hybridized carbons (Fsp3) is 0.650. The van der Waals surface area contributed by atoms with Crippen molar-refractivity contribution < 1.29 is 18.3 Å². The highest BCUT2D eigenvalue weighted by atomic mass is 19.3. The molecule has 1 amide bonds. The number of halogens is 2. The van der Waals surface area contributed by atoms with Gasteiger partial charge in [0.1, 0.15) is 5.75 Å². The zero-order valence-electron chi connectivity index (χ0n) is 16.3. The van der Waals surface area contributed by atoms with Crippen molar-refractivity contribution in [2.24, 2.45) is 5.92 Å². The Bertz CT molecular complexity index is 559. The molecule has 1 aromatic carbocycles. The topological polar surface area (TPSA) is 44.8 Å². The van der Waals surface area contributed by atoms with Gasteiger partial charge in [0.2, 0.25) is 5.91 Å². The van der Waals surface area contributed by atoms with Gasteiger partial charge in [0.05, 0.1) is 0 Å². The van der Waals surface area contributed by atoms with Gasteiger partial charge in [-0.25, -0.2) is 0 Å². The third-order valence-corrected chi connectivity index (χ3v) is 4.92. The Balaban J connectivity index is 1.63. The summed E-state index contributed by atoms with van der Waals surface area (Å²) in [6, 6.07) is 6.84. The Labute approximate surface area is 160 Å². The Morgan fingerprint density at radius 3 is 2.52 bits per heavy atom. The molecule has 0 spiro atoms. The Morgan fingerprint density at radius 1 is 1.26 bits per heavy atom. The van der Waals surface area contributed by atoms with Crippen LogP contribution >= 0.6 is 0 Å². The number of ether oxygens (including phenoxy) is 1. The molecule has 1 saturated heterocycles. The number of alkyl halides is 2. The molecule has 1 N–H and O–H groups in total. The molecular weight excluding hydrogens is 352 g/mol. The summed E-state index contributed by atoms with van der Waals surface area (Å²) in [5.74, 6) is 0.935. The fourth-order valence-corrected chi connectivity index (χ4v) is 3.31. The highest BCUT2D eigenvalue weighted by molar-refractivity contribution is 5.75. The van der Waals surface area contributed by atoms with Gasteiger partial charge in [-0.1, -0.05) is 12.1 Å². The summed E-state index contributed by atoms with van der Waals surface area (Å²) in [4.78, 5) is 16.3. The van der Waals surface area contributed by atoms with Gasteiger partial charge in [0.25, 0.3) is 0 Å². The second-order valence-corrected chi connectivity index (χ2v) is 7.43. The van der Waals surface area contributed by atoms with E-state index in [0.717, 1.165) is 51.0 Å². The highest BCUT2D eigenvalue weighted by Gasteiger charge is 2.20. The fourth-order valence-electron chi connectivity index (χ4n) is 3.31. The molecule has 0 saturated carbocycles. The van der Waals surface area contributed by atoms with Crippen LogP contribution in [0.2, 0.25) is 0 Å². The van der Waals surface area contributed by atoms with Gasteiger partial charge in [-0.3, -0.25) is 9.69 Å². The third kappa shape index (κ3) is 8.67. The van der Waals surface area contributed by atoms with Crippen LogP contribution in [0.5, 0.6) is 5.75 Å². The Morgan fingerprint density at radius 2 is 1.93 bits per heavy atom. The second-order valence-electron chi connectivity index (χ2n) is 7.43. The Hall–Kier alpha value is -1.73. The zero-order chi connectivity index (χ0) is 19.6. The van der Waals surface area contributed by atoms with Gasteiger partial charge < -0.3 is 15.0 Å². The van der Waals surface area contributed by atoms with Gasteiger partial charge in [0, 0.05) is 26.1 Å². The summed E-state index contributed by atoms with van der Waals surface area (Å²) >= 11 is 0. The number of carbonyl (C=O) groups excluding carboxylic acids is 1. The number of benzene rings is 1. The average Bonchev–Trinajstić information content (AvgIpc) is 2.62. The van der Waals surface area contributed by atoms with E-state index >= 15 is 0 Å². The van der Waals surface area contributed by atoms with Crippen molar-refractivity contribution in [2.45, 2.75) is 38.8 Å². The first kappa shape index (κ1) is 21.6. The van der Waals surface area contributed by atoms with E-state index < -0.39 is 6.61 Å². The number of hydrogen-bond donors (Lipinski definition) is 1. The van der Waals surface area contributed by atoms with Crippen molar-refractivity contribution in [3.8, 4) is 5.75 Å². The molecule has 0 radical (unpaired) electrons. The lowest BCUT2D eigenvalue weighted by molar-refractivity contribution is -0.121. The SMILES string of the molecule is CN(C)CCNC(=O)CCC1CCN(Cc2ccc(OC(F)F)cc2)CC1. The van der Waals surface area contributed by atoms with E-state index in [9.17, 15) is 13.6 Å². The van der Waals surface area contributed by atoms with E-state index in [2.05, 4.69) is 19.9 Å². The molecule has 5 nitrogen and oxygen atoms in total. The van der Waals surface area contributed by atoms with Crippen molar-refractivity contribution in [2.75, 3.05) is 40.3 Å². The third-order valence-electron chi connectivity index (χ3n) is 4.92. The number of rotatable bonds is 10. The molecule has 7 heteroatoms. The van der Waals surface area contributed by atoms with Crippen molar-refractivity contribution in [3.05, 3.63) is 29.8 Å². The van der Waals surface area contributed by atoms with E-state index in [0.29, 0.717) is 18.9 Å². The monoisotopic (exact) mass is 383 g/mol. The van der Waals surface area contributed by atoms with E-state index in [1.165, 1.54) is 0 Å². The average molecular weight is 383 g/mol. The Kier molecular flexibility index (Phi) is 8.94. The van der Waals surface area contributed by atoms with Crippen molar-refractivity contribution in [3.63, 3.8) is 0 Å². The second kappa shape index (κ2) is 11.2. The van der Waals surface area contributed by atoms with Crippen molar-refractivity contribution >= 4 is 5.91 Å². The largest absolute Gasteiger partial charge is 0.435 e. The number of likely N-dealkylation sites (N-methyl/N-ethyl adjacent to an activating group) is 1. The first-order chi connectivity index (χ1) is 12.9. The van der Waals surface area contributed by atoms with Crippen LogP contribution in [0.3, 0.4) is 0 Å². The minimum Gasteiger partial charge on any atom is -0.435 e. The van der Waals surface area contributed by atoms with Gasteiger partial charge in [-0.2, -0.15) is 8.78 Å². The van der Waals surface area contributed by atoms with Gasteiger partial charge in [-0.15, -0.1) is 0 Å². The van der Waals surface area contributed by atoms with Crippen LogP contribution in [0.15, 0.2) is 24.3 Å². The number of piperidine rings is 1. The number of carbonyl (C=O) groups is 1. The van der Waals surface area contributed by atoms with Crippen LogP contribution < -0.4 is 10.1 Å².